The molecule has 1 aliphatic heterocycles. The average molecular weight is 451 g/mol. The second-order valence-electron chi connectivity index (χ2n) is 7.99. The van der Waals surface area contributed by atoms with Crippen molar-refractivity contribution >= 4 is 27.4 Å². The summed E-state index contributed by atoms with van der Waals surface area (Å²) in [5, 5.41) is 0.713. The third-order valence-electron chi connectivity index (χ3n) is 5.70. The van der Waals surface area contributed by atoms with Crippen molar-refractivity contribution in [1.82, 2.24) is 13.8 Å². The number of anilines is 1. The van der Waals surface area contributed by atoms with E-state index in [0.29, 0.717) is 30.7 Å². The van der Waals surface area contributed by atoms with Crippen LogP contribution < -0.4 is 10.5 Å². The number of rotatable bonds is 5. The van der Waals surface area contributed by atoms with Crippen molar-refractivity contribution in [3.63, 3.8) is 0 Å². The number of hydrogen-bond donors (Lipinski definition) is 0. The fraction of sp³-hybridized carbons (Fsp3) is 0.455. The standard InChI is InChI=1S/C22H25F3N4OS/c1-15-13-16(2)26-20-19(15)21(30)29(31-20)8-4-7-27-9-11-28(12-10-27)18-6-3-5-17(14-18)22(23,24)25/h3,5-6,13-14H,4,7-12H2,1-2H3. The third kappa shape index (κ3) is 4.77. The number of pyridine rings is 1. The number of fused-ring (bicyclic) bond motifs is 1. The molecule has 0 amide bonds. The largest absolute Gasteiger partial charge is 0.416 e. The molecule has 0 bridgehead atoms. The minimum absolute atomic E-state index is 0.0272. The minimum Gasteiger partial charge on any atom is -0.369 e. The fourth-order valence-electron chi connectivity index (χ4n) is 4.09. The van der Waals surface area contributed by atoms with Gasteiger partial charge in [0.25, 0.3) is 5.56 Å². The highest BCUT2D eigenvalue weighted by Crippen LogP contribution is 2.31. The molecule has 166 valence electrons. The van der Waals surface area contributed by atoms with Crippen molar-refractivity contribution < 1.29 is 13.2 Å². The van der Waals surface area contributed by atoms with E-state index in [1.165, 1.54) is 23.7 Å². The Balaban J connectivity index is 1.31. The van der Waals surface area contributed by atoms with Gasteiger partial charge in [-0.3, -0.25) is 13.7 Å². The number of aromatic nitrogens is 2. The summed E-state index contributed by atoms with van der Waals surface area (Å²) in [6.45, 7) is 8.32. The van der Waals surface area contributed by atoms with Gasteiger partial charge in [-0.1, -0.05) is 6.07 Å². The monoisotopic (exact) mass is 450 g/mol. The molecule has 5 nitrogen and oxygen atoms in total. The van der Waals surface area contributed by atoms with Gasteiger partial charge in [-0.2, -0.15) is 13.2 Å². The number of alkyl halides is 3. The van der Waals surface area contributed by atoms with Crippen LogP contribution in [0.15, 0.2) is 35.1 Å². The first-order valence-corrected chi connectivity index (χ1v) is 11.1. The van der Waals surface area contributed by atoms with E-state index in [2.05, 4.69) is 9.88 Å². The van der Waals surface area contributed by atoms with Crippen molar-refractivity contribution in [3.8, 4) is 0 Å². The molecule has 1 fully saturated rings. The second-order valence-corrected chi connectivity index (χ2v) is 9.00. The molecule has 0 unspecified atom stereocenters. The molecule has 1 aromatic carbocycles. The van der Waals surface area contributed by atoms with E-state index in [0.717, 1.165) is 48.2 Å². The van der Waals surface area contributed by atoms with E-state index in [-0.39, 0.29) is 5.56 Å². The highest BCUT2D eigenvalue weighted by atomic mass is 32.1. The van der Waals surface area contributed by atoms with Gasteiger partial charge in [-0.05, 0) is 61.6 Å². The topological polar surface area (TPSA) is 41.4 Å². The summed E-state index contributed by atoms with van der Waals surface area (Å²) in [6.07, 6.45) is -3.48. The van der Waals surface area contributed by atoms with Crippen LogP contribution in [0.4, 0.5) is 18.9 Å². The van der Waals surface area contributed by atoms with E-state index in [1.807, 2.05) is 24.8 Å². The number of halogens is 3. The van der Waals surface area contributed by atoms with Gasteiger partial charge >= 0.3 is 6.18 Å². The van der Waals surface area contributed by atoms with Crippen LogP contribution in [0, 0.1) is 13.8 Å². The molecule has 31 heavy (non-hydrogen) atoms. The molecule has 9 heteroatoms. The normalized spacial score (nSPS) is 15.7. The Morgan fingerprint density at radius 3 is 2.52 bits per heavy atom. The summed E-state index contributed by atoms with van der Waals surface area (Å²) in [4.78, 5) is 22.2. The Morgan fingerprint density at radius 1 is 1.06 bits per heavy atom. The van der Waals surface area contributed by atoms with Crippen molar-refractivity contribution in [2.45, 2.75) is 33.0 Å². The van der Waals surface area contributed by atoms with E-state index in [4.69, 9.17) is 0 Å². The SMILES string of the molecule is Cc1cc(C)c2c(=O)n(CCCN3CCN(c4cccc(C(F)(F)F)c4)CC3)sc2n1. The number of aryl methyl sites for hydroxylation is 3. The lowest BCUT2D eigenvalue weighted by Crippen LogP contribution is -2.46. The molecule has 4 rings (SSSR count). The van der Waals surface area contributed by atoms with E-state index in [1.54, 1.807) is 10.0 Å². The molecule has 0 spiro atoms. The van der Waals surface area contributed by atoms with Gasteiger partial charge in [0.15, 0.2) is 0 Å². The summed E-state index contributed by atoms with van der Waals surface area (Å²) < 4.78 is 40.7. The van der Waals surface area contributed by atoms with Crippen LogP contribution >= 0.6 is 11.5 Å². The molecule has 0 aliphatic carbocycles. The number of piperazine rings is 1. The van der Waals surface area contributed by atoms with Crippen molar-refractivity contribution in [3.05, 3.63) is 57.5 Å². The van der Waals surface area contributed by atoms with Crippen LogP contribution in [-0.4, -0.2) is 46.6 Å². The quantitative estimate of drug-likeness (QED) is 0.581. The maximum Gasteiger partial charge on any atom is 0.416 e. The predicted molar refractivity (Wildman–Crippen MR) is 118 cm³/mol. The summed E-state index contributed by atoms with van der Waals surface area (Å²) in [5.41, 5.74) is 1.91. The van der Waals surface area contributed by atoms with Gasteiger partial charge in [0.2, 0.25) is 0 Å². The molecule has 2 aromatic heterocycles. The number of nitrogens with zero attached hydrogens (tertiary/aromatic N) is 4. The first-order chi connectivity index (χ1) is 14.7. The lowest BCUT2D eigenvalue weighted by atomic mass is 10.1. The number of benzene rings is 1. The summed E-state index contributed by atoms with van der Waals surface area (Å²) in [5.74, 6) is 0. The van der Waals surface area contributed by atoms with Crippen LogP contribution in [0.3, 0.4) is 0 Å². The van der Waals surface area contributed by atoms with Crippen molar-refractivity contribution in [2.75, 3.05) is 37.6 Å². The van der Waals surface area contributed by atoms with E-state index in [9.17, 15) is 18.0 Å². The molecule has 0 atom stereocenters. The lowest BCUT2D eigenvalue weighted by Gasteiger charge is -2.36. The van der Waals surface area contributed by atoms with Crippen LogP contribution in [0.1, 0.15) is 23.2 Å². The molecule has 0 radical (unpaired) electrons. The molecular weight excluding hydrogens is 425 g/mol. The highest BCUT2D eigenvalue weighted by Gasteiger charge is 2.31. The Hall–Kier alpha value is -2.39. The molecule has 3 heterocycles. The smallest absolute Gasteiger partial charge is 0.369 e. The molecule has 3 aromatic rings. The second kappa shape index (κ2) is 8.63. The van der Waals surface area contributed by atoms with Gasteiger partial charge < -0.3 is 4.90 Å². The fourth-order valence-corrected chi connectivity index (χ4v) is 5.22. The summed E-state index contributed by atoms with van der Waals surface area (Å²) in [6, 6.07) is 7.46. The van der Waals surface area contributed by atoms with E-state index >= 15 is 0 Å². The van der Waals surface area contributed by atoms with Crippen LogP contribution in [0.5, 0.6) is 0 Å². The zero-order chi connectivity index (χ0) is 22.2. The zero-order valence-electron chi connectivity index (χ0n) is 17.6. The Labute approximate surface area is 182 Å². The molecule has 0 saturated carbocycles. The van der Waals surface area contributed by atoms with Crippen molar-refractivity contribution in [2.24, 2.45) is 0 Å². The van der Waals surface area contributed by atoms with E-state index < -0.39 is 11.7 Å². The third-order valence-corrected chi connectivity index (χ3v) is 6.73. The summed E-state index contributed by atoms with van der Waals surface area (Å²) in [7, 11) is 0. The Bertz CT molecular complexity index is 1130. The summed E-state index contributed by atoms with van der Waals surface area (Å²) >= 11 is 1.41. The molecule has 1 aliphatic rings. The maximum atomic E-state index is 13.0. The van der Waals surface area contributed by atoms with Crippen LogP contribution in [0.2, 0.25) is 0 Å². The van der Waals surface area contributed by atoms with Gasteiger partial charge in [-0.25, -0.2) is 4.98 Å². The van der Waals surface area contributed by atoms with Gasteiger partial charge in [0.05, 0.1) is 10.9 Å². The van der Waals surface area contributed by atoms with Crippen molar-refractivity contribution in [1.29, 1.82) is 0 Å². The van der Waals surface area contributed by atoms with Crippen LogP contribution in [-0.2, 0) is 12.7 Å². The highest BCUT2D eigenvalue weighted by molar-refractivity contribution is 7.13. The molecule has 1 saturated heterocycles. The minimum atomic E-state index is -4.32. The van der Waals surface area contributed by atoms with Crippen LogP contribution in [0.25, 0.3) is 10.2 Å². The first-order valence-electron chi connectivity index (χ1n) is 10.3. The van der Waals surface area contributed by atoms with Gasteiger partial charge in [0, 0.05) is 50.6 Å². The number of hydrogen-bond acceptors (Lipinski definition) is 5. The Morgan fingerprint density at radius 2 is 1.81 bits per heavy atom. The Kier molecular flexibility index (Phi) is 6.07. The lowest BCUT2D eigenvalue weighted by molar-refractivity contribution is -0.137. The first kappa shape index (κ1) is 21.8. The van der Waals surface area contributed by atoms with Gasteiger partial charge in [-0.15, -0.1) is 0 Å². The molecule has 0 N–H and O–H groups in total. The average Bonchev–Trinajstić information content (AvgIpc) is 3.03. The van der Waals surface area contributed by atoms with Gasteiger partial charge in [0.1, 0.15) is 4.83 Å². The zero-order valence-corrected chi connectivity index (χ0v) is 18.4. The predicted octanol–water partition coefficient (Wildman–Crippen LogP) is 4.31. The molecular formula is C22H25F3N4OS. The maximum absolute atomic E-state index is 13.0.